The van der Waals surface area contributed by atoms with Crippen LogP contribution in [0.15, 0.2) is 29.8 Å². The van der Waals surface area contributed by atoms with E-state index < -0.39 is 0 Å². The number of nitrogens with zero attached hydrogens (tertiary/aromatic N) is 2. The Morgan fingerprint density at radius 3 is 3.11 bits per heavy atom. The number of fused-ring (bicyclic) bond motifs is 1. The smallest absolute Gasteiger partial charge is 0.224 e. The van der Waals surface area contributed by atoms with Crippen LogP contribution >= 0.6 is 11.3 Å². The standard InChI is InChI=1S/C22H29N3O2S/c1-27-18-9-10-19-20(14-18)28-22(24-19)25-13-5-8-17(15-25)21(26)23-12-11-16-6-3-2-4-7-16/h6,9-10,14,17H,2-5,7-8,11-13,15H2,1H3,(H,23,26)/t17-/m1/s1. The lowest BCUT2D eigenvalue weighted by Gasteiger charge is -2.31. The Kier molecular flexibility index (Phi) is 6.15. The third kappa shape index (κ3) is 4.49. The Labute approximate surface area is 170 Å². The molecule has 0 bridgehead atoms. The van der Waals surface area contributed by atoms with Crippen LogP contribution in [0.25, 0.3) is 10.2 Å². The first-order valence-corrected chi connectivity index (χ1v) is 11.2. The minimum absolute atomic E-state index is 0.0515. The summed E-state index contributed by atoms with van der Waals surface area (Å²) in [5.74, 6) is 1.10. The summed E-state index contributed by atoms with van der Waals surface area (Å²) in [6, 6.07) is 5.98. The average molecular weight is 400 g/mol. The van der Waals surface area contributed by atoms with Crippen molar-refractivity contribution in [2.75, 3.05) is 31.6 Å². The summed E-state index contributed by atoms with van der Waals surface area (Å²) in [5.41, 5.74) is 2.51. The van der Waals surface area contributed by atoms with E-state index >= 15 is 0 Å². The molecule has 2 heterocycles. The minimum atomic E-state index is 0.0515. The zero-order valence-electron chi connectivity index (χ0n) is 16.6. The van der Waals surface area contributed by atoms with Crippen molar-refractivity contribution in [3.05, 3.63) is 29.8 Å². The van der Waals surface area contributed by atoms with Crippen LogP contribution in [0.5, 0.6) is 5.75 Å². The van der Waals surface area contributed by atoms with Crippen LogP contribution in [0.2, 0.25) is 0 Å². The second-order valence-electron chi connectivity index (χ2n) is 7.76. The van der Waals surface area contributed by atoms with Crippen molar-refractivity contribution in [3.63, 3.8) is 0 Å². The van der Waals surface area contributed by atoms with Crippen LogP contribution in [0.1, 0.15) is 44.9 Å². The predicted molar refractivity (Wildman–Crippen MR) is 115 cm³/mol. The van der Waals surface area contributed by atoms with E-state index in [0.29, 0.717) is 0 Å². The van der Waals surface area contributed by atoms with E-state index in [1.54, 1.807) is 18.4 Å². The number of hydrogen-bond acceptors (Lipinski definition) is 5. The molecule has 1 N–H and O–H groups in total. The lowest BCUT2D eigenvalue weighted by atomic mass is 9.96. The van der Waals surface area contributed by atoms with Crippen molar-refractivity contribution in [2.24, 2.45) is 5.92 Å². The maximum atomic E-state index is 12.7. The molecule has 150 valence electrons. The third-order valence-electron chi connectivity index (χ3n) is 5.78. The summed E-state index contributed by atoms with van der Waals surface area (Å²) in [6.45, 7) is 2.49. The van der Waals surface area contributed by atoms with Crippen LogP contribution in [0, 0.1) is 5.92 Å². The van der Waals surface area contributed by atoms with Gasteiger partial charge in [-0.25, -0.2) is 4.98 Å². The highest BCUT2D eigenvalue weighted by molar-refractivity contribution is 7.22. The normalized spacial score (nSPS) is 20.1. The molecule has 2 aliphatic rings. The monoisotopic (exact) mass is 399 g/mol. The molecular weight excluding hydrogens is 370 g/mol. The highest BCUT2D eigenvalue weighted by Crippen LogP contribution is 2.33. The Morgan fingerprint density at radius 1 is 1.36 bits per heavy atom. The Morgan fingerprint density at radius 2 is 2.29 bits per heavy atom. The van der Waals surface area contributed by atoms with Crippen LogP contribution in [0.3, 0.4) is 0 Å². The van der Waals surface area contributed by atoms with Gasteiger partial charge in [-0.15, -0.1) is 0 Å². The molecule has 0 unspecified atom stereocenters. The average Bonchev–Trinajstić information content (AvgIpc) is 3.18. The molecule has 0 saturated carbocycles. The number of methoxy groups -OCH3 is 1. The van der Waals surface area contributed by atoms with Gasteiger partial charge in [0, 0.05) is 19.6 Å². The lowest BCUT2D eigenvalue weighted by Crippen LogP contribution is -2.43. The van der Waals surface area contributed by atoms with Crippen molar-refractivity contribution in [1.82, 2.24) is 10.3 Å². The molecule has 1 amide bonds. The third-order valence-corrected chi connectivity index (χ3v) is 6.86. The molecule has 4 rings (SSSR count). The van der Waals surface area contributed by atoms with Gasteiger partial charge < -0.3 is 15.0 Å². The van der Waals surface area contributed by atoms with Gasteiger partial charge in [0.25, 0.3) is 0 Å². The molecule has 1 atom stereocenters. The number of carbonyl (C=O) groups excluding carboxylic acids is 1. The van der Waals surface area contributed by atoms with Gasteiger partial charge in [-0.3, -0.25) is 4.79 Å². The summed E-state index contributed by atoms with van der Waals surface area (Å²) in [7, 11) is 1.68. The van der Waals surface area contributed by atoms with E-state index in [2.05, 4.69) is 16.3 Å². The number of benzene rings is 1. The Balaban J connectivity index is 1.34. The number of hydrogen-bond donors (Lipinski definition) is 1. The van der Waals surface area contributed by atoms with E-state index in [1.807, 2.05) is 18.2 Å². The van der Waals surface area contributed by atoms with Gasteiger partial charge in [0.15, 0.2) is 5.13 Å². The number of anilines is 1. The molecule has 5 nitrogen and oxygen atoms in total. The van der Waals surface area contributed by atoms with E-state index in [4.69, 9.17) is 9.72 Å². The van der Waals surface area contributed by atoms with Gasteiger partial charge in [0.05, 0.1) is 23.2 Å². The van der Waals surface area contributed by atoms with Crippen LogP contribution in [-0.2, 0) is 4.79 Å². The number of rotatable bonds is 6. The first-order valence-electron chi connectivity index (χ1n) is 10.4. The van der Waals surface area contributed by atoms with Crippen molar-refractivity contribution in [2.45, 2.75) is 44.9 Å². The number of piperidine rings is 1. The number of thiazole rings is 1. The molecule has 0 spiro atoms. The topological polar surface area (TPSA) is 54.5 Å². The van der Waals surface area contributed by atoms with E-state index in [-0.39, 0.29) is 11.8 Å². The maximum Gasteiger partial charge on any atom is 0.224 e. The number of nitrogens with one attached hydrogen (secondary N) is 1. The molecule has 1 aromatic carbocycles. The second kappa shape index (κ2) is 8.95. The summed E-state index contributed by atoms with van der Waals surface area (Å²) in [6.07, 6.45) is 10.4. The quantitative estimate of drug-likeness (QED) is 0.725. The van der Waals surface area contributed by atoms with Crippen molar-refractivity contribution in [1.29, 1.82) is 0 Å². The molecular formula is C22H29N3O2S. The van der Waals surface area contributed by atoms with Gasteiger partial charge >= 0.3 is 0 Å². The summed E-state index contributed by atoms with van der Waals surface area (Å²) in [5, 5.41) is 4.18. The molecule has 0 radical (unpaired) electrons. The first-order chi connectivity index (χ1) is 13.7. The molecule has 1 fully saturated rings. The molecule has 1 aliphatic carbocycles. The SMILES string of the molecule is COc1ccc2nc(N3CCC[C@@H](C(=O)NCCC4=CCCCC4)C3)sc2c1. The molecule has 6 heteroatoms. The van der Waals surface area contributed by atoms with Gasteiger partial charge in [-0.2, -0.15) is 0 Å². The number of ether oxygens (including phenoxy) is 1. The number of amides is 1. The zero-order chi connectivity index (χ0) is 19.3. The van der Waals surface area contributed by atoms with Crippen LogP contribution in [-0.4, -0.2) is 37.6 Å². The molecule has 1 saturated heterocycles. The first kappa shape index (κ1) is 19.2. The van der Waals surface area contributed by atoms with Gasteiger partial charge in [0.1, 0.15) is 5.75 Å². The highest BCUT2D eigenvalue weighted by Gasteiger charge is 2.27. The van der Waals surface area contributed by atoms with E-state index in [0.717, 1.165) is 60.0 Å². The molecule has 1 aromatic heterocycles. The fraction of sp³-hybridized carbons (Fsp3) is 0.545. The van der Waals surface area contributed by atoms with Crippen LogP contribution < -0.4 is 15.0 Å². The number of aromatic nitrogens is 1. The van der Waals surface area contributed by atoms with Gasteiger partial charge in [0.2, 0.25) is 5.91 Å². The highest BCUT2D eigenvalue weighted by atomic mass is 32.1. The zero-order valence-corrected chi connectivity index (χ0v) is 17.4. The van der Waals surface area contributed by atoms with Gasteiger partial charge in [-0.05, 0) is 63.1 Å². The van der Waals surface area contributed by atoms with Crippen molar-refractivity contribution >= 4 is 32.6 Å². The number of carbonyl (C=O) groups is 1. The molecule has 2 aromatic rings. The largest absolute Gasteiger partial charge is 0.497 e. The second-order valence-corrected chi connectivity index (χ2v) is 8.77. The summed E-state index contributed by atoms with van der Waals surface area (Å²) in [4.78, 5) is 19.7. The van der Waals surface area contributed by atoms with E-state index in [1.165, 1.54) is 31.3 Å². The summed E-state index contributed by atoms with van der Waals surface area (Å²) < 4.78 is 6.44. The predicted octanol–water partition coefficient (Wildman–Crippen LogP) is 4.53. The number of allylic oxidation sites excluding steroid dienone is 1. The maximum absolute atomic E-state index is 12.7. The van der Waals surface area contributed by atoms with Crippen LogP contribution in [0.4, 0.5) is 5.13 Å². The fourth-order valence-corrected chi connectivity index (χ4v) is 5.17. The Hall–Kier alpha value is -2.08. The molecule has 28 heavy (non-hydrogen) atoms. The summed E-state index contributed by atoms with van der Waals surface area (Å²) >= 11 is 1.68. The fourth-order valence-electron chi connectivity index (χ4n) is 4.14. The van der Waals surface area contributed by atoms with Crippen molar-refractivity contribution in [3.8, 4) is 5.75 Å². The van der Waals surface area contributed by atoms with Crippen molar-refractivity contribution < 1.29 is 9.53 Å². The Bertz CT molecular complexity index is 861. The van der Waals surface area contributed by atoms with E-state index in [9.17, 15) is 4.79 Å². The van der Waals surface area contributed by atoms with Gasteiger partial charge in [-0.1, -0.05) is 23.0 Å². The molecule has 1 aliphatic heterocycles. The minimum Gasteiger partial charge on any atom is -0.497 e. The lowest BCUT2D eigenvalue weighted by molar-refractivity contribution is -0.125.